The fourth-order valence-corrected chi connectivity index (χ4v) is 2.31. The second-order valence-electron chi connectivity index (χ2n) is 4.46. The van der Waals surface area contributed by atoms with Gasteiger partial charge in [0.2, 0.25) is 0 Å². The number of unbranched alkanes of at least 4 members (excludes halogenated alkanes) is 3. The molecule has 6 nitrogen and oxygen atoms in total. The van der Waals surface area contributed by atoms with Gasteiger partial charge < -0.3 is 10.5 Å². The zero-order chi connectivity index (χ0) is 15.0. The molecule has 1 rings (SSSR count). The molecule has 0 spiro atoms. The Morgan fingerprint density at radius 2 is 1.85 bits per heavy atom. The molecule has 0 aliphatic rings. The molecule has 0 radical (unpaired) electrons. The molecule has 1 aromatic carbocycles. The van der Waals surface area contributed by atoms with Crippen molar-refractivity contribution in [1.82, 2.24) is 0 Å². The number of benzene rings is 1. The molecule has 0 aromatic heterocycles. The Morgan fingerprint density at radius 3 is 2.50 bits per heavy atom. The Labute approximate surface area is 119 Å². The van der Waals surface area contributed by atoms with Gasteiger partial charge in [0.05, 0.1) is 17.9 Å². The number of nitrogens with two attached hydrogens (primary N) is 1. The van der Waals surface area contributed by atoms with Gasteiger partial charge in [0, 0.05) is 0 Å². The summed E-state index contributed by atoms with van der Waals surface area (Å²) in [6.07, 6.45) is 2.76. The maximum atomic E-state index is 10.5. The first-order chi connectivity index (χ1) is 9.40. The van der Waals surface area contributed by atoms with E-state index < -0.39 is 10.1 Å². The molecule has 1 aromatic rings. The van der Waals surface area contributed by atoms with E-state index in [2.05, 4.69) is 0 Å². The molecule has 7 heteroatoms. The van der Waals surface area contributed by atoms with Crippen molar-refractivity contribution in [1.29, 1.82) is 5.41 Å². The van der Waals surface area contributed by atoms with Crippen LogP contribution in [-0.2, 0) is 10.1 Å². The lowest BCUT2D eigenvalue weighted by molar-refractivity contribution is 0.304. The summed E-state index contributed by atoms with van der Waals surface area (Å²) in [4.78, 5) is 0. The van der Waals surface area contributed by atoms with E-state index in [0.29, 0.717) is 24.3 Å². The third-order valence-electron chi connectivity index (χ3n) is 2.73. The van der Waals surface area contributed by atoms with Gasteiger partial charge in [-0.25, -0.2) is 0 Å². The molecule has 4 N–H and O–H groups in total. The predicted molar refractivity (Wildman–Crippen MR) is 77.8 cm³/mol. The summed E-state index contributed by atoms with van der Waals surface area (Å²) in [5.41, 5.74) is 6.02. The minimum absolute atomic E-state index is 0.0336. The van der Waals surface area contributed by atoms with Gasteiger partial charge in [-0.15, -0.1) is 0 Å². The van der Waals surface area contributed by atoms with Crippen molar-refractivity contribution in [3.8, 4) is 5.75 Å². The van der Waals surface area contributed by atoms with Crippen molar-refractivity contribution in [2.75, 3.05) is 12.4 Å². The third-order valence-corrected chi connectivity index (χ3v) is 3.54. The number of amidine groups is 1. The molecular weight excluding hydrogens is 280 g/mol. The van der Waals surface area contributed by atoms with E-state index in [0.717, 1.165) is 19.3 Å². The highest BCUT2D eigenvalue weighted by molar-refractivity contribution is 7.85. The SMILES string of the molecule is N=C(N)c1ccccc1OCCCCCCS(=O)(=O)O. The van der Waals surface area contributed by atoms with Gasteiger partial charge in [-0.3, -0.25) is 9.96 Å². The summed E-state index contributed by atoms with van der Waals surface area (Å²) in [5.74, 6) is 0.354. The molecule has 0 fully saturated rings. The van der Waals surface area contributed by atoms with Crippen molar-refractivity contribution in [3.05, 3.63) is 29.8 Å². The van der Waals surface area contributed by atoms with Crippen LogP contribution in [0.3, 0.4) is 0 Å². The van der Waals surface area contributed by atoms with Crippen LogP contribution >= 0.6 is 0 Å². The van der Waals surface area contributed by atoms with Crippen molar-refractivity contribution in [3.63, 3.8) is 0 Å². The highest BCUT2D eigenvalue weighted by Crippen LogP contribution is 2.17. The molecule has 20 heavy (non-hydrogen) atoms. The van der Waals surface area contributed by atoms with Crippen LogP contribution in [-0.4, -0.2) is 31.2 Å². The second-order valence-corrected chi connectivity index (χ2v) is 6.03. The van der Waals surface area contributed by atoms with Gasteiger partial charge in [-0.05, 0) is 25.0 Å². The van der Waals surface area contributed by atoms with Gasteiger partial charge in [0.15, 0.2) is 0 Å². The van der Waals surface area contributed by atoms with Crippen LogP contribution in [0.15, 0.2) is 24.3 Å². The summed E-state index contributed by atoms with van der Waals surface area (Å²) in [7, 11) is -3.84. The maximum Gasteiger partial charge on any atom is 0.264 e. The average molecular weight is 300 g/mol. The maximum absolute atomic E-state index is 10.5. The first-order valence-corrected chi connectivity index (χ1v) is 8.02. The van der Waals surface area contributed by atoms with Crippen LogP contribution < -0.4 is 10.5 Å². The lowest BCUT2D eigenvalue weighted by Gasteiger charge is -2.10. The van der Waals surface area contributed by atoms with E-state index in [1.54, 1.807) is 18.2 Å². The van der Waals surface area contributed by atoms with Gasteiger partial charge >= 0.3 is 0 Å². The van der Waals surface area contributed by atoms with E-state index >= 15 is 0 Å². The number of para-hydroxylation sites is 1. The van der Waals surface area contributed by atoms with Crippen molar-refractivity contribution >= 4 is 16.0 Å². The predicted octanol–water partition coefficient (Wildman–Crippen LogP) is 1.80. The largest absolute Gasteiger partial charge is 0.493 e. The number of rotatable bonds is 9. The first kappa shape index (κ1) is 16.5. The van der Waals surface area contributed by atoms with Gasteiger partial charge in [0.25, 0.3) is 10.1 Å². The molecule has 0 aliphatic carbocycles. The topological polar surface area (TPSA) is 113 Å². The molecule has 0 saturated heterocycles. The average Bonchev–Trinajstić information content (AvgIpc) is 2.36. The molecule has 0 aliphatic heterocycles. The Hall–Kier alpha value is -1.60. The minimum atomic E-state index is -3.84. The lowest BCUT2D eigenvalue weighted by Crippen LogP contribution is -2.13. The van der Waals surface area contributed by atoms with E-state index in [-0.39, 0.29) is 11.6 Å². The summed E-state index contributed by atoms with van der Waals surface area (Å²) >= 11 is 0. The number of hydrogen-bond acceptors (Lipinski definition) is 4. The van der Waals surface area contributed by atoms with Crippen LogP contribution in [0.5, 0.6) is 5.75 Å². The Morgan fingerprint density at radius 1 is 1.20 bits per heavy atom. The van der Waals surface area contributed by atoms with Crippen molar-refractivity contribution in [2.45, 2.75) is 25.7 Å². The summed E-state index contributed by atoms with van der Waals surface area (Å²) in [6, 6.07) is 7.09. The molecule has 0 amide bonds. The molecule has 0 atom stereocenters. The molecule has 0 saturated carbocycles. The smallest absolute Gasteiger partial charge is 0.264 e. The van der Waals surface area contributed by atoms with Crippen LogP contribution in [0.1, 0.15) is 31.2 Å². The van der Waals surface area contributed by atoms with Crippen LogP contribution in [0.2, 0.25) is 0 Å². The van der Waals surface area contributed by atoms with Crippen molar-refractivity contribution < 1.29 is 17.7 Å². The van der Waals surface area contributed by atoms with Gasteiger partial charge in [-0.1, -0.05) is 25.0 Å². The van der Waals surface area contributed by atoms with E-state index in [9.17, 15) is 8.42 Å². The molecule has 0 unspecified atom stereocenters. The third kappa shape index (κ3) is 6.53. The fraction of sp³-hybridized carbons (Fsp3) is 0.462. The number of hydrogen-bond donors (Lipinski definition) is 3. The molecule has 112 valence electrons. The summed E-state index contributed by atoms with van der Waals surface area (Å²) in [6.45, 7) is 0.482. The molecular formula is C13H20N2O4S. The summed E-state index contributed by atoms with van der Waals surface area (Å²) in [5, 5.41) is 7.42. The summed E-state index contributed by atoms with van der Waals surface area (Å²) < 4.78 is 35.1. The minimum Gasteiger partial charge on any atom is -0.493 e. The zero-order valence-corrected chi connectivity index (χ0v) is 12.0. The highest BCUT2D eigenvalue weighted by atomic mass is 32.2. The van der Waals surface area contributed by atoms with Gasteiger partial charge in [-0.2, -0.15) is 8.42 Å². The number of nitrogen functional groups attached to an aromatic ring is 1. The van der Waals surface area contributed by atoms with E-state index in [4.69, 9.17) is 20.4 Å². The Bertz CT molecular complexity index is 543. The van der Waals surface area contributed by atoms with Gasteiger partial charge in [0.1, 0.15) is 11.6 Å². The molecule has 0 heterocycles. The fourth-order valence-electron chi connectivity index (χ4n) is 1.74. The Kier molecular flexibility index (Phi) is 6.47. The quantitative estimate of drug-likeness (QED) is 0.278. The first-order valence-electron chi connectivity index (χ1n) is 6.41. The normalized spacial score (nSPS) is 11.2. The second kappa shape index (κ2) is 7.86. The number of nitrogens with one attached hydrogen (secondary N) is 1. The Balaban J connectivity index is 2.24. The van der Waals surface area contributed by atoms with Crippen molar-refractivity contribution in [2.24, 2.45) is 5.73 Å². The lowest BCUT2D eigenvalue weighted by atomic mass is 10.2. The van der Waals surface area contributed by atoms with E-state index in [1.165, 1.54) is 0 Å². The van der Waals surface area contributed by atoms with Crippen LogP contribution in [0.4, 0.5) is 0 Å². The number of ether oxygens (including phenoxy) is 1. The van der Waals surface area contributed by atoms with E-state index in [1.807, 2.05) is 6.07 Å². The van der Waals surface area contributed by atoms with Crippen LogP contribution in [0.25, 0.3) is 0 Å². The van der Waals surface area contributed by atoms with Crippen LogP contribution in [0, 0.1) is 5.41 Å². The zero-order valence-electron chi connectivity index (χ0n) is 11.2. The standard InChI is InChI=1S/C13H20N2O4S/c14-13(15)11-7-3-4-8-12(11)19-9-5-1-2-6-10-20(16,17)18/h3-4,7-8H,1-2,5-6,9-10H2,(H3,14,15)(H,16,17,18). The molecule has 0 bridgehead atoms. The highest BCUT2D eigenvalue weighted by Gasteiger charge is 2.05. The monoisotopic (exact) mass is 300 g/mol.